The van der Waals surface area contributed by atoms with Crippen LogP contribution in [0.15, 0.2) is 0 Å². The monoisotopic (exact) mass is 286 g/mol. The summed E-state index contributed by atoms with van der Waals surface area (Å²) in [5.74, 6) is 0. The van der Waals surface area contributed by atoms with E-state index >= 15 is 0 Å². The summed E-state index contributed by atoms with van der Waals surface area (Å²) in [6.45, 7) is 14.6. The molecule has 0 aliphatic carbocycles. The van der Waals surface area contributed by atoms with Crippen molar-refractivity contribution >= 4 is 8.07 Å². The van der Waals surface area contributed by atoms with Gasteiger partial charge in [0.1, 0.15) is 0 Å². The molecule has 0 rings (SSSR count). The summed E-state index contributed by atoms with van der Waals surface area (Å²) in [6, 6.07) is 0. The first-order chi connectivity index (χ1) is 9.00. The maximum Gasteiger partial charge on any atom is 0.0920 e. The Bertz CT molecular complexity index is 186. The molecule has 0 aliphatic rings. The first kappa shape index (κ1) is 19.2. The second kappa shape index (κ2) is 9.98. The highest BCUT2D eigenvalue weighted by molar-refractivity contribution is 6.83. The van der Waals surface area contributed by atoms with Gasteiger partial charge in [0.15, 0.2) is 0 Å². The molecule has 0 radical (unpaired) electrons. The van der Waals surface area contributed by atoms with Crippen molar-refractivity contribution in [2.24, 2.45) is 0 Å². The van der Waals surface area contributed by atoms with Crippen LogP contribution in [0, 0.1) is 0 Å². The maximum atomic E-state index is 5.77. The Hall–Kier alpha value is 0.177. The lowest BCUT2D eigenvalue weighted by molar-refractivity contribution is 0.238. The molecule has 0 fully saturated rings. The van der Waals surface area contributed by atoms with Crippen LogP contribution >= 0.6 is 0 Å². The molecule has 0 N–H and O–H groups in total. The summed E-state index contributed by atoms with van der Waals surface area (Å²) in [5.41, 5.74) is 2.67. The molecule has 1 nitrogen and oxygen atoms in total. The lowest BCUT2D eigenvalue weighted by atomic mass is 10.2. The van der Waals surface area contributed by atoms with E-state index in [1.54, 1.807) is 0 Å². The van der Waals surface area contributed by atoms with Crippen LogP contribution in [0.4, 0.5) is 0 Å². The van der Waals surface area contributed by atoms with Gasteiger partial charge in [0.2, 0.25) is 0 Å². The summed E-state index contributed by atoms with van der Waals surface area (Å²) >= 11 is 0. The number of hydrogen-bond acceptors (Lipinski definition) is 1. The highest BCUT2D eigenvalue weighted by atomic mass is 28.3. The first-order valence-electron chi connectivity index (χ1n) is 8.49. The van der Waals surface area contributed by atoms with Crippen molar-refractivity contribution < 1.29 is 4.74 Å². The van der Waals surface area contributed by atoms with E-state index in [1.807, 2.05) is 7.11 Å². The van der Waals surface area contributed by atoms with Gasteiger partial charge in [0, 0.05) is 13.3 Å². The van der Waals surface area contributed by atoms with Gasteiger partial charge in [-0.3, -0.25) is 0 Å². The van der Waals surface area contributed by atoms with Crippen molar-refractivity contribution in [3.63, 3.8) is 0 Å². The fraction of sp³-hybridized carbons (Fsp3) is 1.00. The number of ether oxygens (including phenoxy) is 1. The van der Waals surface area contributed by atoms with E-state index in [2.05, 4.69) is 41.5 Å². The molecule has 3 unspecified atom stereocenters. The van der Waals surface area contributed by atoms with Crippen molar-refractivity contribution in [1.82, 2.24) is 0 Å². The molecule has 0 saturated heterocycles. The average molecular weight is 287 g/mol. The standard InChI is InChI=1S/C17H38OSi/c1-8-11-15(4)19(14-18-7,16(5)12-9-2)17(6)13-10-3/h15-17H,8-14H2,1-7H3. The fourth-order valence-corrected chi connectivity index (χ4v) is 11.0. The molecule has 0 aliphatic heterocycles. The van der Waals surface area contributed by atoms with Crippen LogP contribution in [0.5, 0.6) is 0 Å². The average Bonchev–Trinajstić information content (AvgIpc) is 2.36. The molecule has 116 valence electrons. The Labute approximate surface area is 123 Å². The molecule has 2 heteroatoms. The van der Waals surface area contributed by atoms with Gasteiger partial charge in [-0.25, -0.2) is 0 Å². The highest BCUT2D eigenvalue weighted by Gasteiger charge is 2.46. The Morgan fingerprint density at radius 3 is 1.26 bits per heavy atom. The van der Waals surface area contributed by atoms with E-state index in [9.17, 15) is 0 Å². The van der Waals surface area contributed by atoms with Crippen LogP contribution in [-0.4, -0.2) is 21.4 Å². The van der Waals surface area contributed by atoms with Crippen LogP contribution in [0.2, 0.25) is 16.6 Å². The smallest absolute Gasteiger partial charge is 0.0920 e. The molecule has 0 heterocycles. The van der Waals surface area contributed by atoms with E-state index in [4.69, 9.17) is 4.74 Å². The molecule has 0 saturated carbocycles. The number of hydrogen-bond donors (Lipinski definition) is 0. The molecule has 0 aromatic carbocycles. The lowest BCUT2D eigenvalue weighted by Gasteiger charge is -2.46. The van der Waals surface area contributed by atoms with Gasteiger partial charge >= 0.3 is 0 Å². The normalized spacial score (nSPS) is 19.7. The SMILES string of the molecule is CCCC(C)[Si](COC)(C(C)CCC)C(C)CCC. The summed E-state index contributed by atoms with van der Waals surface area (Å²) in [7, 11) is 0.524. The zero-order valence-electron chi connectivity index (χ0n) is 14.6. The Balaban J connectivity index is 5.30. The molecule has 0 spiro atoms. The molecule has 3 atom stereocenters. The van der Waals surface area contributed by atoms with Gasteiger partial charge in [0.05, 0.1) is 8.07 Å². The van der Waals surface area contributed by atoms with Gasteiger partial charge < -0.3 is 4.74 Å². The molecule has 0 aromatic rings. The second-order valence-electron chi connectivity index (χ2n) is 6.61. The predicted molar refractivity (Wildman–Crippen MR) is 90.6 cm³/mol. The molecule has 0 bridgehead atoms. The fourth-order valence-electron chi connectivity index (χ4n) is 4.24. The highest BCUT2D eigenvalue weighted by Crippen LogP contribution is 2.47. The van der Waals surface area contributed by atoms with Gasteiger partial charge in [-0.1, -0.05) is 80.1 Å². The third kappa shape index (κ3) is 4.89. The summed E-state index contributed by atoms with van der Waals surface area (Å²) in [5, 5.41) is 0. The van der Waals surface area contributed by atoms with Crippen LogP contribution in [-0.2, 0) is 4.74 Å². The van der Waals surface area contributed by atoms with Gasteiger partial charge in [0.25, 0.3) is 0 Å². The van der Waals surface area contributed by atoms with E-state index in [0.29, 0.717) is 0 Å². The predicted octanol–water partition coefficient (Wildman–Crippen LogP) is 6.19. The van der Waals surface area contributed by atoms with E-state index in [0.717, 1.165) is 22.9 Å². The maximum absolute atomic E-state index is 5.77. The zero-order valence-corrected chi connectivity index (χ0v) is 15.6. The molecular weight excluding hydrogens is 248 g/mol. The van der Waals surface area contributed by atoms with Crippen LogP contribution in [0.1, 0.15) is 80.1 Å². The van der Waals surface area contributed by atoms with Crippen molar-refractivity contribution in [1.29, 1.82) is 0 Å². The quantitative estimate of drug-likeness (QED) is 0.411. The van der Waals surface area contributed by atoms with E-state index in [1.165, 1.54) is 38.5 Å². The van der Waals surface area contributed by atoms with Crippen molar-refractivity contribution in [2.75, 3.05) is 13.3 Å². The Kier molecular flexibility index (Phi) is 10.1. The van der Waals surface area contributed by atoms with Gasteiger partial charge in [-0.2, -0.15) is 0 Å². The third-order valence-electron chi connectivity index (χ3n) is 5.31. The third-order valence-corrected chi connectivity index (χ3v) is 12.5. The van der Waals surface area contributed by atoms with E-state index in [-0.39, 0.29) is 0 Å². The lowest BCUT2D eigenvalue weighted by Crippen LogP contribution is -2.51. The first-order valence-corrected chi connectivity index (χ1v) is 10.9. The second-order valence-corrected chi connectivity index (χ2v) is 12.1. The van der Waals surface area contributed by atoms with Crippen molar-refractivity contribution in [2.45, 2.75) is 96.7 Å². The van der Waals surface area contributed by atoms with Gasteiger partial charge in [-0.15, -0.1) is 0 Å². The minimum absolute atomic E-state index is 0.889. The minimum atomic E-state index is -1.39. The Morgan fingerprint density at radius 1 is 0.737 bits per heavy atom. The summed E-state index contributed by atoms with van der Waals surface area (Å²) in [6.07, 6.45) is 9.18. The zero-order chi connectivity index (χ0) is 14.9. The number of methoxy groups -OCH3 is 1. The van der Waals surface area contributed by atoms with E-state index < -0.39 is 8.07 Å². The van der Waals surface area contributed by atoms with Gasteiger partial charge in [-0.05, 0) is 16.6 Å². The minimum Gasteiger partial charge on any atom is -0.388 e. The molecular formula is C17H38OSi. The van der Waals surface area contributed by atoms with Crippen LogP contribution < -0.4 is 0 Å². The van der Waals surface area contributed by atoms with Crippen molar-refractivity contribution in [3.8, 4) is 0 Å². The summed E-state index contributed by atoms with van der Waals surface area (Å²) in [4.78, 5) is 0. The molecule has 19 heavy (non-hydrogen) atoms. The van der Waals surface area contributed by atoms with Crippen molar-refractivity contribution in [3.05, 3.63) is 0 Å². The topological polar surface area (TPSA) is 9.23 Å². The largest absolute Gasteiger partial charge is 0.388 e. The molecule has 0 aromatic heterocycles. The Morgan fingerprint density at radius 2 is 1.05 bits per heavy atom. The molecule has 0 amide bonds. The summed E-state index contributed by atoms with van der Waals surface area (Å²) < 4.78 is 5.77. The van der Waals surface area contributed by atoms with Crippen LogP contribution in [0.3, 0.4) is 0 Å². The van der Waals surface area contributed by atoms with Crippen LogP contribution in [0.25, 0.3) is 0 Å². The number of rotatable bonds is 11.